The monoisotopic (exact) mass is 1380 g/mol. The zero-order valence-electron chi connectivity index (χ0n) is 45.6. The Balaban J connectivity index is 0.931. The highest BCUT2D eigenvalue weighted by atomic mass is 32.2. The molecule has 10 N–H and O–H groups in total. The molecule has 6 amide bonds. The molecule has 6 unspecified atom stereocenters. The number of hydrogen-bond acceptors (Lipinski definition) is 26. The smallest absolute Gasteiger partial charge is 0.439 e. The SMILES string of the molecule is CSCCNc1nc(SCCC(F)(F)F)nc2c1ncn2[C@@H]1O[C@H](COP(=O)(O)OP(=O)(O)OP(=O)(O)OP(=O)(O)O/C=C2\OC3(C[N+]34C=CC(=O)NC4=O)[C@H](OC(=O)Nc3ccccc3)[C@@H]2O)[C@@H](OC(=O)Nc2ccccc2)[C@H]1OC(=O)Nc1ccccc1. The Kier molecular flexibility index (Phi) is 20.6. The van der Waals surface area contributed by atoms with E-state index in [1.807, 2.05) is 11.6 Å². The number of anilines is 4. The molecule has 43 heteroatoms. The molecule has 0 saturated carbocycles. The molecule has 2 spiro atoms. The summed E-state index contributed by atoms with van der Waals surface area (Å²) in [6, 6.07) is 21.9. The van der Waals surface area contributed by atoms with Crippen molar-refractivity contribution in [2.45, 2.75) is 60.2 Å². The predicted octanol–water partition coefficient (Wildman–Crippen LogP) is 7.40. The lowest BCUT2D eigenvalue weighted by Crippen LogP contribution is -2.53. The van der Waals surface area contributed by atoms with Crippen LogP contribution in [0.4, 0.5) is 55.2 Å². The molecular weight excluding hydrogens is 1330 g/mol. The van der Waals surface area contributed by atoms with Gasteiger partial charge in [-0.1, -0.05) is 66.4 Å². The summed E-state index contributed by atoms with van der Waals surface area (Å²) in [4.78, 5) is 121. The molecule has 34 nitrogen and oxygen atoms in total. The second kappa shape index (κ2) is 27.5. The van der Waals surface area contributed by atoms with E-state index in [-0.39, 0.29) is 52.0 Å². The van der Waals surface area contributed by atoms with Crippen molar-refractivity contribution >= 4 is 119 Å². The Bertz CT molecular complexity index is 3780. The molecule has 4 aliphatic heterocycles. The van der Waals surface area contributed by atoms with E-state index in [1.165, 1.54) is 60.3 Å². The average molecular weight is 1380 g/mol. The number of carbonyl (C=O) groups is 5. The number of quaternary nitrogens is 1. The minimum atomic E-state index is -6.56. The quantitative estimate of drug-likeness (QED) is 0.00397. The standard InChI is InChI=1S/C47H49F3N10O24P4S2/c1-89-22-19-51-38-33-39(58-41(57-38)90-21-18-47(48,49)50)59(26-52-33)40-36(79-44(65)54-28-13-7-3-8-14-28)35(78-43(64)53-27-11-5-2-6-12-27)31(77-40)24-76-86(69,70)83-88(73,74)84-87(71,72)82-85(67,68)75-23-30-34(62)37(80-45(66)55-29-15-9-4-10-16-29)46(81-30)25-60(46)20-17-32(61)56-42(60)63/h2-17,20,23,26,31,34-37,40,62H,18-19,21-22,24-25H2,1H3,(H8-,51,53,54,55,56,57,58,61,63,64,65,66,67,68,69,70,71,72,73,74)/p+1/b30-23-/t31-,34-,35-,36-,37-,40-,46?,60?/m1/s1. The highest BCUT2D eigenvalue weighted by Gasteiger charge is 2.87. The Labute approximate surface area is 512 Å². The number of nitrogens with zero attached hydrogens (tertiary/aromatic N) is 5. The second-order valence-corrected chi connectivity index (χ2v) is 27.2. The Hall–Kier alpha value is -6.99. The van der Waals surface area contributed by atoms with Gasteiger partial charge in [-0.15, -0.1) is 0 Å². The maximum absolute atomic E-state index is 13.7. The summed E-state index contributed by atoms with van der Waals surface area (Å²) >= 11 is 2.06. The first-order chi connectivity index (χ1) is 42.5. The van der Waals surface area contributed by atoms with Crippen molar-refractivity contribution in [2.75, 3.05) is 58.7 Å². The van der Waals surface area contributed by atoms with E-state index in [1.54, 1.807) is 42.5 Å². The summed E-state index contributed by atoms with van der Waals surface area (Å²) < 4.78 is 144. The lowest BCUT2D eigenvalue weighted by atomic mass is 10.1. The van der Waals surface area contributed by atoms with Crippen LogP contribution in [0, 0.1) is 0 Å². The van der Waals surface area contributed by atoms with Crippen molar-refractivity contribution in [1.82, 2.24) is 24.8 Å². The van der Waals surface area contributed by atoms with Crippen molar-refractivity contribution in [2.24, 2.45) is 0 Å². The van der Waals surface area contributed by atoms with Crippen LogP contribution in [0.15, 0.2) is 127 Å². The summed E-state index contributed by atoms with van der Waals surface area (Å²) in [7, 11) is -25.5. The van der Waals surface area contributed by atoms with Gasteiger partial charge in [0.2, 0.25) is 6.10 Å². The normalized spacial score (nSPS) is 25.9. The van der Waals surface area contributed by atoms with Gasteiger partial charge in [0.25, 0.3) is 5.91 Å². The minimum absolute atomic E-state index is 0.00913. The van der Waals surface area contributed by atoms with Crippen LogP contribution in [0.25, 0.3) is 11.2 Å². The number of amides is 6. The number of hydrogen-bond donors (Lipinski definition) is 10. The van der Waals surface area contributed by atoms with Crippen LogP contribution in [0.3, 0.4) is 0 Å². The largest absolute Gasteiger partial charge is 0.535 e. The van der Waals surface area contributed by atoms with E-state index in [9.17, 15) is 80.1 Å². The van der Waals surface area contributed by atoms with Crippen LogP contribution >= 0.6 is 54.8 Å². The fourth-order valence-electron chi connectivity index (χ4n) is 8.91. The van der Waals surface area contributed by atoms with E-state index in [0.717, 1.165) is 23.2 Å². The summed E-state index contributed by atoms with van der Waals surface area (Å²) in [5, 5.41) is 23.4. The second-order valence-electron chi connectivity index (χ2n) is 19.0. The van der Waals surface area contributed by atoms with Crippen LogP contribution in [0.2, 0.25) is 0 Å². The maximum Gasteiger partial charge on any atom is 0.535 e. The molecular formula is C47H50F3N10O24P4S2+. The van der Waals surface area contributed by atoms with Gasteiger partial charge in [0, 0.05) is 35.1 Å². The van der Waals surface area contributed by atoms with Crippen LogP contribution in [-0.2, 0) is 68.7 Å². The molecule has 0 bridgehead atoms. The topological polar surface area (TPSA) is 451 Å². The number of nitrogens with one attached hydrogen (secondary N) is 5. The number of imide groups is 1. The molecule has 0 radical (unpaired) electrons. The number of aliphatic hydroxyl groups is 1. The molecule has 2 aromatic heterocycles. The third kappa shape index (κ3) is 16.7. The summed E-state index contributed by atoms with van der Waals surface area (Å²) in [6.07, 6.45) is -16.3. The number of benzene rings is 3. The van der Waals surface area contributed by atoms with Gasteiger partial charge in [-0.25, -0.2) is 57.7 Å². The molecule has 484 valence electrons. The number of imidazole rings is 1. The number of phosphoric ester groups is 2. The van der Waals surface area contributed by atoms with Crippen LogP contribution in [0.1, 0.15) is 12.6 Å². The van der Waals surface area contributed by atoms with E-state index < -0.39 is 146 Å². The number of phosphoric acid groups is 4. The molecule has 3 saturated heterocycles. The molecule has 4 aliphatic rings. The van der Waals surface area contributed by atoms with Gasteiger partial charge >= 0.3 is 67.5 Å². The fourth-order valence-corrected chi connectivity index (χ4v) is 14.9. The summed E-state index contributed by atoms with van der Waals surface area (Å²) in [6.45, 7) is -1.55. The number of urea groups is 1. The molecule has 6 heterocycles. The van der Waals surface area contributed by atoms with Crippen molar-refractivity contribution in [3.05, 3.63) is 122 Å². The zero-order chi connectivity index (χ0) is 64.9. The van der Waals surface area contributed by atoms with Gasteiger partial charge in [0.1, 0.15) is 18.6 Å². The number of fused-ring (bicyclic) bond motifs is 2. The number of alkyl halides is 3. The molecule has 5 aromatic rings. The number of ether oxygens (including phenoxy) is 5. The van der Waals surface area contributed by atoms with Gasteiger partial charge in [0.15, 0.2) is 59.0 Å². The van der Waals surface area contributed by atoms with Crippen molar-refractivity contribution in [1.29, 1.82) is 0 Å². The molecule has 3 fully saturated rings. The number of para-hydroxylation sites is 3. The average Bonchev–Trinajstić information content (AvgIpc) is 1.50. The Morgan fingerprint density at radius 2 is 1.36 bits per heavy atom. The molecule has 0 aliphatic carbocycles. The molecule has 12 atom stereocenters. The fraction of sp³-hybridized carbons (Fsp3) is 0.319. The number of aliphatic hydroxyl groups excluding tert-OH is 1. The van der Waals surface area contributed by atoms with Gasteiger partial charge in [-0.2, -0.15) is 42.3 Å². The van der Waals surface area contributed by atoms with Gasteiger partial charge in [0.05, 0.1) is 25.4 Å². The summed E-state index contributed by atoms with van der Waals surface area (Å²) in [5.41, 5.74) is -1.73. The number of aromatic nitrogens is 4. The highest BCUT2D eigenvalue weighted by molar-refractivity contribution is 7.99. The van der Waals surface area contributed by atoms with Gasteiger partial charge < -0.3 is 53.3 Å². The number of carbonyl (C=O) groups excluding carboxylic acids is 5. The van der Waals surface area contributed by atoms with E-state index in [4.69, 9.17) is 28.2 Å². The first kappa shape index (κ1) is 67.4. The van der Waals surface area contributed by atoms with E-state index in [0.29, 0.717) is 17.5 Å². The van der Waals surface area contributed by atoms with Crippen LogP contribution < -0.4 is 26.6 Å². The lowest BCUT2D eigenvalue weighted by Gasteiger charge is -2.25. The van der Waals surface area contributed by atoms with Gasteiger partial charge in [-0.3, -0.25) is 34.7 Å². The third-order valence-electron chi connectivity index (χ3n) is 12.7. The van der Waals surface area contributed by atoms with Crippen molar-refractivity contribution < 1.29 is 130 Å². The van der Waals surface area contributed by atoms with Crippen molar-refractivity contribution in [3.8, 4) is 0 Å². The van der Waals surface area contributed by atoms with Crippen LogP contribution in [0.5, 0.6) is 0 Å². The van der Waals surface area contributed by atoms with Crippen LogP contribution in [-0.4, -0.2) is 159 Å². The Morgan fingerprint density at radius 1 is 0.800 bits per heavy atom. The highest BCUT2D eigenvalue weighted by Crippen LogP contribution is 2.72. The number of rotatable bonds is 25. The van der Waals surface area contributed by atoms with E-state index >= 15 is 0 Å². The third-order valence-corrected chi connectivity index (χ3v) is 20.0. The predicted molar refractivity (Wildman–Crippen MR) is 304 cm³/mol. The summed E-state index contributed by atoms with van der Waals surface area (Å²) in [5.74, 6) is -1.73. The first-order valence-electron chi connectivity index (χ1n) is 25.7. The number of halogens is 3. The Morgan fingerprint density at radius 3 is 1.92 bits per heavy atom. The lowest BCUT2D eigenvalue weighted by molar-refractivity contribution is -0.713. The van der Waals surface area contributed by atoms with Gasteiger partial charge in [-0.05, 0) is 42.7 Å². The first-order valence-corrected chi connectivity index (χ1v) is 34.0. The molecule has 3 aromatic carbocycles. The molecule has 90 heavy (non-hydrogen) atoms. The zero-order valence-corrected chi connectivity index (χ0v) is 50.9. The molecule has 9 rings (SSSR count). The maximum atomic E-state index is 13.7. The minimum Gasteiger partial charge on any atom is -0.439 e. The van der Waals surface area contributed by atoms with Crippen molar-refractivity contribution in [3.63, 3.8) is 0 Å². The van der Waals surface area contributed by atoms with E-state index in [2.05, 4.69) is 53.7 Å². The number of thioether (sulfide) groups is 2.